The number of aromatic nitrogens is 3. The van der Waals surface area contributed by atoms with E-state index in [1.807, 2.05) is 6.92 Å². The highest BCUT2D eigenvalue weighted by atomic mass is 35.5. The SMILES string of the molecule is Cc1n[nH]c(=S)n1-c1cc(Cl)cc(Cl)c1. The number of nitrogens with one attached hydrogen (secondary N) is 1. The Labute approximate surface area is 102 Å². The molecule has 0 radical (unpaired) electrons. The van der Waals surface area contributed by atoms with Gasteiger partial charge in [-0.2, -0.15) is 5.10 Å². The Bertz CT molecular complexity index is 538. The van der Waals surface area contributed by atoms with E-state index in [1.54, 1.807) is 22.8 Å². The molecule has 1 aromatic heterocycles. The molecule has 2 rings (SSSR count). The van der Waals surface area contributed by atoms with E-state index in [4.69, 9.17) is 35.4 Å². The summed E-state index contributed by atoms with van der Waals surface area (Å²) in [6.07, 6.45) is 0. The summed E-state index contributed by atoms with van der Waals surface area (Å²) in [5.74, 6) is 0.762. The highest BCUT2D eigenvalue weighted by Gasteiger charge is 2.05. The van der Waals surface area contributed by atoms with Gasteiger partial charge in [-0.05, 0) is 37.3 Å². The molecule has 0 amide bonds. The van der Waals surface area contributed by atoms with Crippen LogP contribution in [0.15, 0.2) is 18.2 Å². The van der Waals surface area contributed by atoms with Gasteiger partial charge in [0.05, 0.1) is 5.69 Å². The van der Waals surface area contributed by atoms with Crippen LogP contribution in [-0.4, -0.2) is 14.8 Å². The molecule has 78 valence electrons. The summed E-state index contributed by atoms with van der Waals surface area (Å²) in [5, 5.41) is 7.85. The Hall–Kier alpha value is -0.840. The minimum Gasteiger partial charge on any atom is -0.272 e. The fourth-order valence-corrected chi connectivity index (χ4v) is 2.15. The molecule has 0 atom stereocenters. The van der Waals surface area contributed by atoms with Gasteiger partial charge in [0.15, 0.2) is 4.77 Å². The summed E-state index contributed by atoms with van der Waals surface area (Å²) in [5.41, 5.74) is 0.809. The number of aryl methyl sites for hydroxylation is 1. The number of aromatic amines is 1. The van der Waals surface area contributed by atoms with E-state index in [-0.39, 0.29) is 0 Å². The monoisotopic (exact) mass is 259 g/mol. The predicted octanol–water partition coefficient (Wildman–Crippen LogP) is 3.55. The zero-order chi connectivity index (χ0) is 11.0. The lowest BCUT2D eigenvalue weighted by molar-refractivity contribution is 0.963. The number of H-pyrrole nitrogens is 1. The number of halogens is 2. The first-order valence-electron chi connectivity index (χ1n) is 4.18. The average molecular weight is 260 g/mol. The first-order chi connectivity index (χ1) is 7.08. The van der Waals surface area contributed by atoms with Gasteiger partial charge in [-0.15, -0.1) is 0 Å². The Morgan fingerprint density at radius 3 is 2.33 bits per heavy atom. The normalized spacial score (nSPS) is 10.6. The molecule has 1 aromatic carbocycles. The van der Waals surface area contributed by atoms with Crippen LogP contribution in [-0.2, 0) is 0 Å². The second-order valence-electron chi connectivity index (χ2n) is 3.04. The molecule has 1 heterocycles. The van der Waals surface area contributed by atoms with Gasteiger partial charge in [0, 0.05) is 10.0 Å². The Balaban J connectivity index is 2.69. The molecule has 0 bridgehead atoms. The molecule has 0 aliphatic heterocycles. The molecule has 6 heteroatoms. The first kappa shape index (κ1) is 10.7. The zero-order valence-electron chi connectivity index (χ0n) is 7.79. The molecule has 0 spiro atoms. The van der Waals surface area contributed by atoms with Gasteiger partial charge in [-0.25, -0.2) is 0 Å². The largest absolute Gasteiger partial charge is 0.272 e. The molecule has 0 fully saturated rings. The van der Waals surface area contributed by atoms with Crippen molar-refractivity contribution >= 4 is 35.4 Å². The number of benzene rings is 1. The highest BCUT2D eigenvalue weighted by molar-refractivity contribution is 7.71. The molecule has 0 aliphatic rings. The number of hydrogen-bond acceptors (Lipinski definition) is 2. The van der Waals surface area contributed by atoms with Gasteiger partial charge in [-0.3, -0.25) is 9.67 Å². The third-order valence-electron chi connectivity index (χ3n) is 1.95. The van der Waals surface area contributed by atoms with Crippen molar-refractivity contribution in [3.05, 3.63) is 38.8 Å². The minimum atomic E-state index is 0.519. The van der Waals surface area contributed by atoms with Gasteiger partial charge < -0.3 is 0 Å². The Morgan fingerprint density at radius 2 is 1.87 bits per heavy atom. The fourth-order valence-electron chi connectivity index (χ4n) is 1.35. The van der Waals surface area contributed by atoms with Crippen LogP contribution in [0.4, 0.5) is 0 Å². The fraction of sp³-hybridized carbons (Fsp3) is 0.111. The summed E-state index contributed by atoms with van der Waals surface area (Å²) >= 11 is 16.9. The summed E-state index contributed by atoms with van der Waals surface area (Å²) in [6.45, 7) is 1.85. The number of hydrogen-bond donors (Lipinski definition) is 1. The van der Waals surface area contributed by atoms with Crippen molar-refractivity contribution in [1.82, 2.24) is 14.8 Å². The van der Waals surface area contributed by atoms with Crippen LogP contribution in [0.25, 0.3) is 5.69 Å². The molecular formula is C9H7Cl2N3S. The van der Waals surface area contributed by atoms with E-state index < -0.39 is 0 Å². The van der Waals surface area contributed by atoms with Gasteiger partial charge in [0.25, 0.3) is 0 Å². The van der Waals surface area contributed by atoms with Gasteiger partial charge in [0.2, 0.25) is 0 Å². The summed E-state index contributed by atoms with van der Waals surface area (Å²) in [4.78, 5) is 0. The highest BCUT2D eigenvalue weighted by Crippen LogP contribution is 2.22. The van der Waals surface area contributed by atoms with Crippen molar-refractivity contribution in [3.8, 4) is 5.69 Å². The van der Waals surface area contributed by atoms with Crippen molar-refractivity contribution in [2.45, 2.75) is 6.92 Å². The maximum absolute atomic E-state index is 5.91. The number of rotatable bonds is 1. The van der Waals surface area contributed by atoms with E-state index in [2.05, 4.69) is 10.2 Å². The smallest absolute Gasteiger partial charge is 0.199 e. The van der Waals surface area contributed by atoms with E-state index in [1.165, 1.54) is 0 Å². The molecule has 0 saturated heterocycles. The van der Waals surface area contributed by atoms with E-state index in [0.29, 0.717) is 14.8 Å². The zero-order valence-corrected chi connectivity index (χ0v) is 10.1. The van der Waals surface area contributed by atoms with Gasteiger partial charge >= 0.3 is 0 Å². The van der Waals surface area contributed by atoms with Crippen LogP contribution in [0, 0.1) is 11.7 Å². The van der Waals surface area contributed by atoms with E-state index >= 15 is 0 Å². The van der Waals surface area contributed by atoms with Crippen LogP contribution in [0.5, 0.6) is 0 Å². The van der Waals surface area contributed by atoms with Crippen molar-refractivity contribution < 1.29 is 0 Å². The summed E-state index contributed by atoms with van der Waals surface area (Å²) < 4.78 is 2.29. The molecule has 0 aliphatic carbocycles. The molecule has 2 aromatic rings. The lowest BCUT2D eigenvalue weighted by Gasteiger charge is -2.05. The summed E-state index contributed by atoms with van der Waals surface area (Å²) in [7, 11) is 0. The minimum absolute atomic E-state index is 0.519. The van der Waals surface area contributed by atoms with Crippen molar-refractivity contribution in [2.24, 2.45) is 0 Å². The van der Waals surface area contributed by atoms with Crippen LogP contribution < -0.4 is 0 Å². The molecule has 0 unspecified atom stereocenters. The van der Waals surface area contributed by atoms with Crippen LogP contribution >= 0.6 is 35.4 Å². The first-order valence-corrected chi connectivity index (χ1v) is 5.35. The second-order valence-corrected chi connectivity index (χ2v) is 4.30. The molecule has 3 nitrogen and oxygen atoms in total. The van der Waals surface area contributed by atoms with Crippen molar-refractivity contribution in [2.75, 3.05) is 0 Å². The average Bonchev–Trinajstić information content (AvgIpc) is 2.44. The topological polar surface area (TPSA) is 33.6 Å². The third kappa shape index (κ3) is 2.07. The van der Waals surface area contributed by atoms with Gasteiger partial charge in [-0.1, -0.05) is 23.2 Å². The second kappa shape index (κ2) is 3.96. The molecule has 15 heavy (non-hydrogen) atoms. The lowest BCUT2D eigenvalue weighted by Crippen LogP contribution is -1.96. The summed E-state index contributed by atoms with van der Waals surface area (Å²) in [6, 6.07) is 5.24. The van der Waals surface area contributed by atoms with Gasteiger partial charge in [0.1, 0.15) is 5.82 Å². The Morgan fingerprint density at radius 1 is 1.27 bits per heavy atom. The van der Waals surface area contributed by atoms with Crippen molar-refractivity contribution in [1.29, 1.82) is 0 Å². The Kier molecular flexibility index (Phi) is 2.82. The standard InChI is InChI=1S/C9H7Cl2N3S/c1-5-12-13-9(15)14(5)8-3-6(10)2-7(11)4-8/h2-4H,1H3,(H,13,15). The van der Waals surface area contributed by atoms with Crippen LogP contribution in [0.3, 0.4) is 0 Å². The van der Waals surface area contributed by atoms with Crippen molar-refractivity contribution in [3.63, 3.8) is 0 Å². The maximum atomic E-state index is 5.91. The molecular weight excluding hydrogens is 253 g/mol. The molecule has 0 saturated carbocycles. The van der Waals surface area contributed by atoms with Crippen LogP contribution in [0.1, 0.15) is 5.82 Å². The van der Waals surface area contributed by atoms with E-state index in [0.717, 1.165) is 11.5 Å². The maximum Gasteiger partial charge on any atom is 0.199 e. The third-order valence-corrected chi connectivity index (χ3v) is 2.66. The number of nitrogens with zero attached hydrogens (tertiary/aromatic N) is 2. The lowest BCUT2D eigenvalue weighted by atomic mass is 10.3. The van der Waals surface area contributed by atoms with Crippen LogP contribution in [0.2, 0.25) is 10.0 Å². The van der Waals surface area contributed by atoms with E-state index in [9.17, 15) is 0 Å². The predicted molar refractivity (Wildman–Crippen MR) is 63.5 cm³/mol. The quantitative estimate of drug-likeness (QED) is 0.795. The molecule has 1 N–H and O–H groups in total.